The lowest BCUT2D eigenvalue weighted by Gasteiger charge is -2.03. The summed E-state index contributed by atoms with van der Waals surface area (Å²) in [5.74, 6) is -0.346. The summed E-state index contributed by atoms with van der Waals surface area (Å²) in [6, 6.07) is 11.4. The second kappa shape index (κ2) is 6.73. The van der Waals surface area contributed by atoms with Crippen molar-refractivity contribution in [2.75, 3.05) is 11.6 Å². The third-order valence-corrected chi connectivity index (χ3v) is 5.68. The second-order valence-electron chi connectivity index (χ2n) is 5.40. The average Bonchev–Trinajstić information content (AvgIpc) is 2.95. The van der Waals surface area contributed by atoms with Gasteiger partial charge >= 0.3 is 0 Å². The van der Waals surface area contributed by atoms with Gasteiger partial charge in [0.1, 0.15) is 0 Å². The first-order valence-corrected chi connectivity index (χ1v) is 10.1. The summed E-state index contributed by atoms with van der Waals surface area (Å²) in [4.78, 5) is 22.0. The van der Waals surface area contributed by atoms with Crippen LogP contribution in [0.1, 0.15) is 16.1 Å². The largest absolute Gasteiger partial charge is 0.298 e. The molecule has 2 aromatic heterocycles. The van der Waals surface area contributed by atoms with E-state index in [1.807, 2.05) is 25.1 Å². The molecule has 0 fully saturated rings. The fourth-order valence-corrected chi connectivity index (χ4v) is 3.78. The fraction of sp³-hybridized carbons (Fsp3) is 0.118. The predicted octanol–water partition coefficient (Wildman–Crippen LogP) is 3.17. The van der Waals surface area contributed by atoms with Gasteiger partial charge in [0.25, 0.3) is 5.91 Å². The zero-order valence-corrected chi connectivity index (χ0v) is 15.2. The average molecular weight is 373 g/mol. The second-order valence-corrected chi connectivity index (χ2v) is 8.41. The zero-order chi connectivity index (χ0) is 18.0. The number of aromatic nitrogens is 2. The Bertz CT molecular complexity index is 1010. The maximum atomic E-state index is 12.3. The van der Waals surface area contributed by atoms with Crippen molar-refractivity contribution in [2.24, 2.45) is 0 Å². The first kappa shape index (κ1) is 17.2. The fourth-order valence-electron chi connectivity index (χ4n) is 2.21. The van der Waals surface area contributed by atoms with Gasteiger partial charge in [-0.15, -0.1) is 0 Å². The van der Waals surface area contributed by atoms with E-state index in [9.17, 15) is 13.2 Å². The standard InChI is InChI=1S/C17H15N3O3S2/c1-11-15(14-5-3-4-10-18-14)24-17(19-11)20-16(21)12-6-8-13(9-7-12)25(2,22)23/h3-10H,1-2H3,(H,19,20,21). The lowest BCUT2D eigenvalue weighted by Crippen LogP contribution is -2.11. The summed E-state index contributed by atoms with van der Waals surface area (Å²) in [7, 11) is -3.29. The number of carbonyl (C=O) groups excluding carboxylic acids is 1. The van der Waals surface area contributed by atoms with E-state index in [-0.39, 0.29) is 10.8 Å². The number of anilines is 1. The van der Waals surface area contributed by atoms with Crippen molar-refractivity contribution < 1.29 is 13.2 Å². The molecule has 0 radical (unpaired) electrons. The summed E-state index contributed by atoms with van der Waals surface area (Å²) in [5, 5.41) is 3.21. The van der Waals surface area contributed by atoms with E-state index in [4.69, 9.17) is 0 Å². The number of sulfone groups is 1. The highest BCUT2D eigenvalue weighted by Crippen LogP contribution is 2.31. The number of benzene rings is 1. The Morgan fingerprint density at radius 2 is 1.84 bits per heavy atom. The van der Waals surface area contributed by atoms with Crippen molar-refractivity contribution in [3.05, 3.63) is 59.9 Å². The van der Waals surface area contributed by atoms with E-state index in [0.717, 1.165) is 22.5 Å². The molecule has 0 aliphatic carbocycles. The molecule has 0 spiro atoms. The minimum Gasteiger partial charge on any atom is -0.298 e. The molecule has 25 heavy (non-hydrogen) atoms. The van der Waals surface area contributed by atoms with Gasteiger partial charge in [-0.25, -0.2) is 13.4 Å². The van der Waals surface area contributed by atoms with E-state index < -0.39 is 9.84 Å². The number of carbonyl (C=O) groups is 1. The molecule has 8 heteroatoms. The maximum Gasteiger partial charge on any atom is 0.257 e. The monoisotopic (exact) mass is 373 g/mol. The summed E-state index contributed by atoms with van der Waals surface area (Å²) in [6.07, 6.45) is 2.83. The number of nitrogens with one attached hydrogen (secondary N) is 1. The SMILES string of the molecule is Cc1nc(NC(=O)c2ccc(S(C)(=O)=O)cc2)sc1-c1ccccn1. The van der Waals surface area contributed by atoms with E-state index in [1.54, 1.807) is 6.20 Å². The van der Waals surface area contributed by atoms with Gasteiger partial charge in [0, 0.05) is 18.0 Å². The quantitative estimate of drug-likeness (QED) is 0.759. The summed E-state index contributed by atoms with van der Waals surface area (Å²) < 4.78 is 22.9. The number of rotatable bonds is 4. The first-order chi connectivity index (χ1) is 11.8. The third-order valence-electron chi connectivity index (χ3n) is 3.46. The Balaban J connectivity index is 1.80. The van der Waals surface area contributed by atoms with Crippen LogP contribution in [0.2, 0.25) is 0 Å². The molecule has 1 N–H and O–H groups in total. The van der Waals surface area contributed by atoms with Gasteiger partial charge in [-0.05, 0) is 43.3 Å². The minimum atomic E-state index is -3.29. The molecule has 0 atom stereocenters. The van der Waals surface area contributed by atoms with E-state index in [0.29, 0.717) is 10.7 Å². The molecule has 0 unspecified atom stereocenters. The van der Waals surface area contributed by atoms with Crippen molar-refractivity contribution in [1.82, 2.24) is 9.97 Å². The van der Waals surface area contributed by atoms with Crippen LogP contribution in [-0.2, 0) is 9.84 Å². The zero-order valence-electron chi connectivity index (χ0n) is 13.6. The van der Waals surface area contributed by atoms with Gasteiger partial charge < -0.3 is 0 Å². The predicted molar refractivity (Wildman–Crippen MR) is 97.6 cm³/mol. The van der Waals surface area contributed by atoms with Crippen molar-refractivity contribution in [3.8, 4) is 10.6 Å². The Morgan fingerprint density at radius 3 is 2.44 bits per heavy atom. The molecule has 1 aromatic carbocycles. The van der Waals surface area contributed by atoms with Crippen molar-refractivity contribution in [3.63, 3.8) is 0 Å². The highest BCUT2D eigenvalue weighted by atomic mass is 32.2. The maximum absolute atomic E-state index is 12.3. The molecule has 3 aromatic rings. The van der Waals surface area contributed by atoms with Gasteiger partial charge in [-0.3, -0.25) is 15.1 Å². The Kier molecular flexibility index (Phi) is 4.65. The molecule has 2 heterocycles. The first-order valence-electron chi connectivity index (χ1n) is 7.35. The van der Waals surface area contributed by atoms with Gasteiger partial charge in [-0.2, -0.15) is 0 Å². The van der Waals surface area contributed by atoms with Gasteiger partial charge in [-0.1, -0.05) is 17.4 Å². The van der Waals surface area contributed by atoms with Crippen LogP contribution in [0, 0.1) is 6.92 Å². The molecule has 128 valence electrons. The number of aryl methyl sites for hydroxylation is 1. The lowest BCUT2D eigenvalue weighted by molar-refractivity contribution is 0.102. The van der Waals surface area contributed by atoms with Crippen LogP contribution in [0.25, 0.3) is 10.6 Å². The Hall–Kier alpha value is -2.58. The molecule has 3 rings (SSSR count). The molecule has 0 aliphatic rings. The molecular formula is C17H15N3O3S2. The number of amides is 1. The number of hydrogen-bond donors (Lipinski definition) is 1. The van der Waals surface area contributed by atoms with Crippen LogP contribution in [0.3, 0.4) is 0 Å². The van der Waals surface area contributed by atoms with Crippen LogP contribution in [0.4, 0.5) is 5.13 Å². The molecule has 0 saturated carbocycles. The van der Waals surface area contributed by atoms with Gasteiger partial charge in [0.05, 0.1) is 21.2 Å². The van der Waals surface area contributed by atoms with Crippen molar-refractivity contribution in [2.45, 2.75) is 11.8 Å². The van der Waals surface area contributed by atoms with Crippen LogP contribution in [0.5, 0.6) is 0 Å². The smallest absolute Gasteiger partial charge is 0.257 e. The van der Waals surface area contributed by atoms with Crippen molar-refractivity contribution in [1.29, 1.82) is 0 Å². The van der Waals surface area contributed by atoms with Crippen LogP contribution in [-0.4, -0.2) is 30.5 Å². The highest BCUT2D eigenvalue weighted by Gasteiger charge is 2.14. The number of nitrogens with zero attached hydrogens (tertiary/aromatic N) is 2. The molecular weight excluding hydrogens is 358 g/mol. The normalized spacial score (nSPS) is 11.3. The van der Waals surface area contributed by atoms with Gasteiger partial charge in [0.2, 0.25) is 0 Å². The van der Waals surface area contributed by atoms with Crippen LogP contribution in [0.15, 0.2) is 53.6 Å². The number of pyridine rings is 1. The third kappa shape index (κ3) is 3.92. The molecule has 0 aliphatic heterocycles. The van der Waals surface area contributed by atoms with Crippen LogP contribution < -0.4 is 5.32 Å². The molecule has 1 amide bonds. The topological polar surface area (TPSA) is 89.0 Å². The Morgan fingerprint density at radius 1 is 1.12 bits per heavy atom. The Labute approximate surface area is 149 Å². The summed E-state index contributed by atoms with van der Waals surface area (Å²) in [5.41, 5.74) is 1.95. The summed E-state index contributed by atoms with van der Waals surface area (Å²) >= 11 is 1.34. The van der Waals surface area contributed by atoms with E-state index >= 15 is 0 Å². The van der Waals surface area contributed by atoms with E-state index in [2.05, 4.69) is 15.3 Å². The number of thiazole rings is 1. The minimum absolute atomic E-state index is 0.173. The lowest BCUT2D eigenvalue weighted by atomic mass is 10.2. The highest BCUT2D eigenvalue weighted by molar-refractivity contribution is 7.90. The number of hydrogen-bond acceptors (Lipinski definition) is 6. The van der Waals surface area contributed by atoms with Crippen LogP contribution >= 0.6 is 11.3 Å². The molecule has 6 nitrogen and oxygen atoms in total. The molecule has 0 saturated heterocycles. The summed E-state index contributed by atoms with van der Waals surface area (Å²) in [6.45, 7) is 1.86. The molecule has 0 bridgehead atoms. The van der Waals surface area contributed by atoms with E-state index in [1.165, 1.54) is 35.6 Å². The van der Waals surface area contributed by atoms with Crippen molar-refractivity contribution >= 4 is 32.2 Å². The van der Waals surface area contributed by atoms with Gasteiger partial charge in [0.15, 0.2) is 15.0 Å².